The molecule has 108 valence electrons. The highest BCUT2D eigenvalue weighted by Gasteiger charge is 2.51. The Bertz CT molecular complexity index is 654. The van der Waals surface area contributed by atoms with Gasteiger partial charge in [-0.1, -0.05) is 36.4 Å². The molecule has 1 N–H and O–H groups in total. The molecule has 3 nitrogen and oxygen atoms in total. The molecule has 0 radical (unpaired) electrons. The molecule has 0 heterocycles. The predicted octanol–water partition coefficient (Wildman–Crippen LogP) is 3.87. The van der Waals surface area contributed by atoms with E-state index in [9.17, 15) is 9.90 Å². The van der Waals surface area contributed by atoms with Crippen molar-refractivity contribution in [1.82, 2.24) is 0 Å². The Hall–Kier alpha value is -2.29. The monoisotopic (exact) mass is 282 g/mol. The third-order valence-corrected chi connectivity index (χ3v) is 4.07. The van der Waals surface area contributed by atoms with Gasteiger partial charge >= 0.3 is 5.97 Å². The molecule has 0 bridgehead atoms. The topological polar surface area (TPSA) is 46.5 Å². The van der Waals surface area contributed by atoms with Crippen LogP contribution in [0.5, 0.6) is 5.75 Å². The normalized spacial score (nSPS) is 15.5. The minimum Gasteiger partial charge on any atom is -0.494 e. The lowest BCUT2D eigenvalue weighted by molar-refractivity contribution is -0.140. The fourth-order valence-electron chi connectivity index (χ4n) is 2.66. The van der Waals surface area contributed by atoms with Crippen molar-refractivity contribution in [2.45, 2.75) is 25.2 Å². The van der Waals surface area contributed by atoms with Crippen molar-refractivity contribution in [1.29, 1.82) is 0 Å². The number of carboxylic acid groups (broad SMARTS) is 1. The Morgan fingerprint density at radius 2 is 1.86 bits per heavy atom. The standard InChI is InChI=1S/C18H18O3/c1-2-21-16-8-6-13(7-9-16)14-4-3-5-15(12-14)18(10-11-18)17(19)20/h3-9,12H,2,10-11H2,1H3,(H,19,20). The molecule has 1 aliphatic carbocycles. The van der Waals surface area contributed by atoms with Crippen LogP contribution in [-0.2, 0) is 10.2 Å². The average molecular weight is 282 g/mol. The van der Waals surface area contributed by atoms with Crippen LogP contribution in [0.15, 0.2) is 48.5 Å². The van der Waals surface area contributed by atoms with E-state index in [-0.39, 0.29) is 0 Å². The van der Waals surface area contributed by atoms with Crippen molar-refractivity contribution in [3.63, 3.8) is 0 Å². The molecular formula is C18H18O3. The second-order valence-electron chi connectivity index (χ2n) is 5.43. The van der Waals surface area contributed by atoms with Gasteiger partial charge in [-0.05, 0) is 48.6 Å². The predicted molar refractivity (Wildman–Crippen MR) is 81.6 cm³/mol. The van der Waals surface area contributed by atoms with E-state index in [0.29, 0.717) is 6.61 Å². The largest absolute Gasteiger partial charge is 0.494 e. The molecule has 0 unspecified atom stereocenters. The highest BCUT2D eigenvalue weighted by Crippen LogP contribution is 2.49. The lowest BCUT2D eigenvalue weighted by Crippen LogP contribution is -2.19. The first-order valence-corrected chi connectivity index (χ1v) is 7.23. The summed E-state index contributed by atoms with van der Waals surface area (Å²) in [5.74, 6) is 0.132. The van der Waals surface area contributed by atoms with Crippen LogP contribution in [0.2, 0.25) is 0 Å². The van der Waals surface area contributed by atoms with Crippen LogP contribution < -0.4 is 4.74 Å². The summed E-state index contributed by atoms with van der Waals surface area (Å²) in [6, 6.07) is 15.7. The maximum absolute atomic E-state index is 11.4. The Morgan fingerprint density at radius 1 is 1.14 bits per heavy atom. The SMILES string of the molecule is CCOc1ccc(-c2cccc(C3(C(=O)O)CC3)c2)cc1. The van der Waals surface area contributed by atoms with Gasteiger partial charge in [0.05, 0.1) is 12.0 Å². The fraction of sp³-hybridized carbons (Fsp3) is 0.278. The van der Waals surface area contributed by atoms with Gasteiger partial charge in [0.15, 0.2) is 0 Å². The lowest BCUT2D eigenvalue weighted by atomic mass is 9.93. The number of rotatable bonds is 5. The summed E-state index contributed by atoms with van der Waals surface area (Å²) >= 11 is 0. The van der Waals surface area contributed by atoms with Gasteiger partial charge in [-0.3, -0.25) is 4.79 Å². The summed E-state index contributed by atoms with van der Waals surface area (Å²) in [5.41, 5.74) is 2.37. The first kappa shape index (κ1) is 13.7. The van der Waals surface area contributed by atoms with Crippen molar-refractivity contribution in [2.24, 2.45) is 0 Å². The first-order chi connectivity index (χ1) is 10.2. The van der Waals surface area contributed by atoms with Crippen molar-refractivity contribution in [3.05, 3.63) is 54.1 Å². The molecule has 3 heteroatoms. The Labute approximate surface area is 124 Å². The number of hydrogen-bond acceptors (Lipinski definition) is 2. The smallest absolute Gasteiger partial charge is 0.314 e. The third-order valence-electron chi connectivity index (χ3n) is 4.07. The molecule has 1 fully saturated rings. The van der Waals surface area contributed by atoms with Crippen molar-refractivity contribution >= 4 is 5.97 Å². The molecule has 0 aliphatic heterocycles. The van der Waals surface area contributed by atoms with E-state index in [4.69, 9.17) is 4.74 Å². The molecule has 1 aliphatic rings. The maximum atomic E-state index is 11.4. The van der Waals surface area contributed by atoms with E-state index in [2.05, 4.69) is 0 Å². The van der Waals surface area contributed by atoms with E-state index in [1.165, 1.54) is 0 Å². The lowest BCUT2D eigenvalue weighted by Gasteiger charge is -2.12. The molecule has 0 aromatic heterocycles. The molecule has 0 spiro atoms. The van der Waals surface area contributed by atoms with E-state index >= 15 is 0 Å². The van der Waals surface area contributed by atoms with Gasteiger partial charge in [0.25, 0.3) is 0 Å². The summed E-state index contributed by atoms with van der Waals surface area (Å²) < 4.78 is 5.44. The zero-order valence-electron chi connectivity index (χ0n) is 12.0. The summed E-state index contributed by atoms with van der Waals surface area (Å²) in [4.78, 5) is 11.4. The maximum Gasteiger partial charge on any atom is 0.314 e. The molecule has 0 atom stereocenters. The number of hydrogen-bond donors (Lipinski definition) is 1. The Balaban J connectivity index is 1.91. The van der Waals surface area contributed by atoms with Crippen LogP contribution in [0.4, 0.5) is 0 Å². The van der Waals surface area contributed by atoms with Crippen LogP contribution in [0, 0.1) is 0 Å². The number of carbonyl (C=O) groups is 1. The van der Waals surface area contributed by atoms with Crippen molar-refractivity contribution in [2.75, 3.05) is 6.61 Å². The zero-order chi connectivity index (χ0) is 14.9. The molecule has 3 rings (SSSR count). The zero-order valence-corrected chi connectivity index (χ0v) is 12.0. The Kier molecular flexibility index (Phi) is 3.42. The van der Waals surface area contributed by atoms with Gasteiger partial charge in [0.1, 0.15) is 5.75 Å². The van der Waals surface area contributed by atoms with Gasteiger partial charge in [0, 0.05) is 0 Å². The number of carboxylic acids is 1. The van der Waals surface area contributed by atoms with E-state index < -0.39 is 11.4 Å². The summed E-state index contributed by atoms with van der Waals surface area (Å²) in [6.07, 6.45) is 1.46. The molecule has 0 saturated heterocycles. The fourth-order valence-corrected chi connectivity index (χ4v) is 2.66. The van der Waals surface area contributed by atoms with Gasteiger partial charge < -0.3 is 9.84 Å². The minimum absolute atomic E-state index is 0.649. The molecule has 1 saturated carbocycles. The number of ether oxygens (including phenoxy) is 1. The van der Waals surface area contributed by atoms with Crippen LogP contribution in [0.3, 0.4) is 0 Å². The van der Waals surface area contributed by atoms with Crippen LogP contribution in [0.25, 0.3) is 11.1 Å². The van der Waals surface area contributed by atoms with Crippen LogP contribution >= 0.6 is 0 Å². The van der Waals surface area contributed by atoms with E-state index in [1.54, 1.807) is 0 Å². The molecule has 2 aromatic rings. The number of benzene rings is 2. The Morgan fingerprint density at radius 3 is 2.43 bits per heavy atom. The summed E-state index contributed by atoms with van der Waals surface area (Å²) in [6.45, 7) is 2.61. The molecule has 21 heavy (non-hydrogen) atoms. The van der Waals surface area contributed by atoms with Gasteiger partial charge in [-0.2, -0.15) is 0 Å². The van der Waals surface area contributed by atoms with Gasteiger partial charge in [-0.15, -0.1) is 0 Å². The average Bonchev–Trinajstić information content (AvgIpc) is 3.30. The van der Waals surface area contributed by atoms with E-state index in [1.807, 2.05) is 55.5 Å². The summed E-state index contributed by atoms with van der Waals surface area (Å²) in [5, 5.41) is 9.40. The van der Waals surface area contributed by atoms with Crippen LogP contribution in [-0.4, -0.2) is 17.7 Å². The second kappa shape index (κ2) is 5.24. The molecule has 2 aromatic carbocycles. The molecular weight excluding hydrogens is 264 g/mol. The quantitative estimate of drug-likeness (QED) is 0.905. The van der Waals surface area contributed by atoms with Crippen molar-refractivity contribution in [3.8, 4) is 16.9 Å². The van der Waals surface area contributed by atoms with Gasteiger partial charge in [-0.25, -0.2) is 0 Å². The summed E-state index contributed by atoms with van der Waals surface area (Å²) in [7, 11) is 0. The third kappa shape index (κ3) is 2.51. The van der Waals surface area contributed by atoms with Crippen LogP contribution in [0.1, 0.15) is 25.3 Å². The molecule has 0 amide bonds. The van der Waals surface area contributed by atoms with Crippen molar-refractivity contribution < 1.29 is 14.6 Å². The highest BCUT2D eigenvalue weighted by molar-refractivity contribution is 5.85. The number of aliphatic carboxylic acids is 1. The van der Waals surface area contributed by atoms with E-state index in [0.717, 1.165) is 35.3 Å². The highest BCUT2D eigenvalue weighted by atomic mass is 16.5. The first-order valence-electron chi connectivity index (χ1n) is 7.23. The second-order valence-corrected chi connectivity index (χ2v) is 5.43. The minimum atomic E-state index is -0.716. The van der Waals surface area contributed by atoms with Gasteiger partial charge in [0.2, 0.25) is 0 Å².